The number of allylic oxidation sites excluding steroid dienone is 3. The minimum absolute atomic E-state index is 0.260. The predicted molar refractivity (Wildman–Crippen MR) is 52.2 cm³/mol. The van der Waals surface area contributed by atoms with Gasteiger partial charge >= 0.3 is 0 Å². The lowest BCUT2D eigenvalue weighted by atomic mass is 9.95. The Morgan fingerprint density at radius 2 is 2.46 bits per heavy atom. The minimum Gasteiger partial charge on any atom is -0.338 e. The van der Waals surface area contributed by atoms with Crippen LogP contribution in [0.15, 0.2) is 23.8 Å². The lowest BCUT2D eigenvalue weighted by molar-refractivity contribution is -0.124. The lowest BCUT2D eigenvalue weighted by Crippen LogP contribution is -2.26. The minimum atomic E-state index is 0.260. The lowest BCUT2D eigenvalue weighted by Gasteiger charge is -2.13. The first-order chi connectivity index (χ1) is 6.33. The molecule has 0 spiro atoms. The standard InChI is InChI=1S/C11H15NO/c1-2-7-12-8-9-5-3-4-6-10(9)11(12)13/h3-4,6,9H,2,5,7-8H2,1H3. The first-order valence-corrected chi connectivity index (χ1v) is 4.99. The molecule has 1 amide bonds. The van der Waals surface area contributed by atoms with Crippen LogP contribution in [0.5, 0.6) is 0 Å². The van der Waals surface area contributed by atoms with Crippen LogP contribution in [0, 0.1) is 5.92 Å². The van der Waals surface area contributed by atoms with Gasteiger partial charge in [0.2, 0.25) is 5.91 Å². The molecule has 1 aliphatic carbocycles. The van der Waals surface area contributed by atoms with E-state index in [1.54, 1.807) is 0 Å². The average molecular weight is 177 g/mol. The maximum Gasteiger partial charge on any atom is 0.250 e. The Morgan fingerprint density at radius 3 is 3.15 bits per heavy atom. The SMILES string of the molecule is CCCN1CC2CC=CC=C2C1=O. The smallest absolute Gasteiger partial charge is 0.250 e. The number of hydrogen-bond donors (Lipinski definition) is 0. The third-order valence-corrected chi connectivity index (χ3v) is 2.74. The number of carbonyl (C=O) groups excluding carboxylic acids is 1. The van der Waals surface area contributed by atoms with Crippen LogP contribution in [0.4, 0.5) is 0 Å². The van der Waals surface area contributed by atoms with Crippen LogP contribution in [0.2, 0.25) is 0 Å². The average Bonchev–Trinajstić information content (AvgIpc) is 2.46. The van der Waals surface area contributed by atoms with Crippen LogP contribution in [0.1, 0.15) is 19.8 Å². The Hall–Kier alpha value is -1.05. The van der Waals surface area contributed by atoms with Crippen LogP contribution in [-0.2, 0) is 4.79 Å². The maximum absolute atomic E-state index is 11.8. The number of likely N-dealkylation sites (tertiary alicyclic amines) is 1. The van der Waals surface area contributed by atoms with E-state index in [9.17, 15) is 4.79 Å². The third kappa shape index (κ3) is 1.41. The predicted octanol–water partition coefficient (Wildman–Crippen LogP) is 1.74. The zero-order valence-corrected chi connectivity index (χ0v) is 7.99. The summed E-state index contributed by atoms with van der Waals surface area (Å²) in [6, 6.07) is 0. The molecule has 0 N–H and O–H groups in total. The van der Waals surface area contributed by atoms with Gasteiger partial charge in [0, 0.05) is 24.6 Å². The quantitative estimate of drug-likeness (QED) is 0.629. The van der Waals surface area contributed by atoms with Crippen molar-refractivity contribution < 1.29 is 4.79 Å². The van der Waals surface area contributed by atoms with Crippen molar-refractivity contribution in [1.29, 1.82) is 0 Å². The fourth-order valence-corrected chi connectivity index (χ4v) is 2.09. The fourth-order valence-electron chi connectivity index (χ4n) is 2.09. The van der Waals surface area contributed by atoms with Gasteiger partial charge in [0.15, 0.2) is 0 Å². The number of amides is 1. The molecule has 2 nitrogen and oxygen atoms in total. The molecule has 1 unspecified atom stereocenters. The summed E-state index contributed by atoms with van der Waals surface area (Å²) < 4.78 is 0. The van der Waals surface area contributed by atoms with Gasteiger partial charge in [0.1, 0.15) is 0 Å². The van der Waals surface area contributed by atoms with E-state index in [2.05, 4.69) is 13.0 Å². The van der Waals surface area contributed by atoms with Gasteiger partial charge in [0.05, 0.1) is 0 Å². The molecular formula is C11H15NO. The van der Waals surface area contributed by atoms with E-state index in [0.717, 1.165) is 31.5 Å². The number of fused-ring (bicyclic) bond motifs is 1. The number of hydrogen-bond acceptors (Lipinski definition) is 1. The molecule has 2 heteroatoms. The van der Waals surface area contributed by atoms with Gasteiger partial charge in [0.25, 0.3) is 0 Å². The molecule has 1 atom stereocenters. The molecule has 1 heterocycles. The molecule has 1 fully saturated rings. The summed E-state index contributed by atoms with van der Waals surface area (Å²) in [7, 11) is 0. The Morgan fingerprint density at radius 1 is 1.62 bits per heavy atom. The van der Waals surface area contributed by atoms with Crippen molar-refractivity contribution in [3.05, 3.63) is 23.8 Å². The molecule has 70 valence electrons. The highest BCUT2D eigenvalue weighted by atomic mass is 16.2. The molecule has 1 saturated heterocycles. The molecule has 2 rings (SSSR count). The van der Waals surface area contributed by atoms with Crippen LogP contribution in [0.3, 0.4) is 0 Å². The van der Waals surface area contributed by atoms with Gasteiger partial charge in [-0.3, -0.25) is 4.79 Å². The van der Waals surface area contributed by atoms with Gasteiger partial charge in [-0.2, -0.15) is 0 Å². The van der Waals surface area contributed by atoms with Crippen molar-refractivity contribution in [2.24, 2.45) is 5.92 Å². The Bertz CT molecular complexity index is 278. The Balaban J connectivity index is 2.14. The van der Waals surface area contributed by atoms with Crippen molar-refractivity contribution in [2.45, 2.75) is 19.8 Å². The Kier molecular flexibility index (Phi) is 2.21. The molecule has 0 aromatic carbocycles. The second kappa shape index (κ2) is 3.36. The Labute approximate surface area is 78.9 Å². The van der Waals surface area contributed by atoms with Crippen LogP contribution < -0.4 is 0 Å². The topological polar surface area (TPSA) is 20.3 Å². The summed E-state index contributed by atoms with van der Waals surface area (Å²) >= 11 is 0. The number of carbonyl (C=O) groups is 1. The zero-order valence-electron chi connectivity index (χ0n) is 7.99. The molecule has 1 aliphatic heterocycles. The monoisotopic (exact) mass is 177 g/mol. The molecule has 0 saturated carbocycles. The van der Waals surface area contributed by atoms with E-state index < -0.39 is 0 Å². The number of rotatable bonds is 2. The van der Waals surface area contributed by atoms with E-state index in [-0.39, 0.29) is 5.91 Å². The summed E-state index contributed by atoms with van der Waals surface area (Å²) in [5.41, 5.74) is 1.02. The second-order valence-electron chi connectivity index (χ2n) is 3.73. The van der Waals surface area contributed by atoms with Crippen molar-refractivity contribution in [1.82, 2.24) is 4.90 Å². The molecule has 13 heavy (non-hydrogen) atoms. The summed E-state index contributed by atoms with van der Waals surface area (Å²) in [6.07, 6.45) is 8.22. The molecule has 0 aromatic heterocycles. The van der Waals surface area contributed by atoms with Gasteiger partial charge < -0.3 is 4.90 Å². The molecular weight excluding hydrogens is 162 g/mol. The second-order valence-corrected chi connectivity index (χ2v) is 3.73. The van der Waals surface area contributed by atoms with E-state index in [1.807, 2.05) is 17.1 Å². The fraction of sp³-hybridized carbons (Fsp3) is 0.545. The van der Waals surface area contributed by atoms with E-state index in [4.69, 9.17) is 0 Å². The van der Waals surface area contributed by atoms with Gasteiger partial charge in [-0.25, -0.2) is 0 Å². The summed E-state index contributed by atoms with van der Waals surface area (Å²) in [5, 5.41) is 0. The van der Waals surface area contributed by atoms with Crippen LogP contribution in [0.25, 0.3) is 0 Å². The highest BCUT2D eigenvalue weighted by molar-refractivity contribution is 5.96. The largest absolute Gasteiger partial charge is 0.338 e. The highest BCUT2D eigenvalue weighted by Gasteiger charge is 2.33. The summed E-state index contributed by atoms with van der Waals surface area (Å²) in [4.78, 5) is 13.7. The molecule has 2 aliphatic rings. The van der Waals surface area contributed by atoms with E-state index in [1.165, 1.54) is 0 Å². The number of nitrogens with zero attached hydrogens (tertiary/aromatic N) is 1. The van der Waals surface area contributed by atoms with Gasteiger partial charge in [-0.15, -0.1) is 0 Å². The maximum atomic E-state index is 11.8. The van der Waals surface area contributed by atoms with E-state index >= 15 is 0 Å². The van der Waals surface area contributed by atoms with Crippen LogP contribution >= 0.6 is 0 Å². The van der Waals surface area contributed by atoms with Crippen LogP contribution in [-0.4, -0.2) is 23.9 Å². The van der Waals surface area contributed by atoms with Crippen molar-refractivity contribution in [3.63, 3.8) is 0 Å². The molecule has 0 radical (unpaired) electrons. The zero-order chi connectivity index (χ0) is 9.26. The van der Waals surface area contributed by atoms with Crippen molar-refractivity contribution >= 4 is 5.91 Å². The summed E-state index contributed by atoms with van der Waals surface area (Å²) in [6.45, 7) is 3.96. The van der Waals surface area contributed by atoms with Crippen molar-refractivity contribution in [2.75, 3.05) is 13.1 Å². The van der Waals surface area contributed by atoms with Crippen molar-refractivity contribution in [3.8, 4) is 0 Å². The molecule has 0 bridgehead atoms. The normalized spacial score (nSPS) is 26.2. The van der Waals surface area contributed by atoms with E-state index in [0.29, 0.717) is 5.92 Å². The van der Waals surface area contributed by atoms with Gasteiger partial charge in [-0.05, 0) is 12.8 Å². The van der Waals surface area contributed by atoms with Gasteiger partial charge in [-0.1, -0.05) is 25.2 Å². The first kappa shape index (κ1) is 8.54. The highest BCUT2D eigenvalue weighted by Crippen LogP contribution is 2.29. The third-order valence-electron chi connectivity index (χ3n) is 2.74. The first-order valence-electron chi connectivity index (χ1n) is 4.99. The summed E-state index contributed by atoms with van der Waals surface area (Å²) in [5.74, 6) is 0.736. The molecule has 0 aromatic rings.